The summed E-state index contributed by atoms with van der Waals surface area (Å²) >= 11 is 0. The monoisotopic (exact) mass is 291 g/mol. The van der Waals surface area contributed by atoms with E-state index in [2.05, 4.69) is 26.1 Å². The second-order valence-electron chi connectivity index (χ2n) is 6.34. The highest BCUT2D eigenvalue weighted by atomic mass is 16.4. The van der Waals surface area contributed by atoms with E-state index in [1.54, 1.807) is 0 Å². The molecule has 1 unspecified atom stereocenters. The Morgan fingerprint density at radius 2 is 1.76 bits per heavy atom. The number of carbonyl (C=O) groups excluding carboxylic acids is 1. The molecule has 116 valence electrons. The SMILES string of the molecule is CCCC(=O)NC(CC(=O)O)c1ccc(C(C)(C)C)cc1. The summed E-state index contributed by atoms with van der Waals surface area (Å²) in [4.78, 5) is 22.7. The van der Waals surface area contributed by atoms with Crippen LogP contribution in [0.2, 0.25) is 0 Å². The largest absolute Gasteiger partial charge is 0.481 e. The predicted molar refractivity (Wildman–Crippen MR) is 83.2 cm³/mol. The third kappa shape index (κ3) is 5.58. The van der Waals surface area contributed by atoms with Gasteiger partial charge in [-0.25, -0.2) is 0 Å². The first-order valence-corrected chi connectivity index (χ1v) is 7.35. The molecule has 0 saturated heterocycles. The van der Waals surface area contributed by atoms with E-state index in [0.29, 0.717) is 6.42 Å². The summed E-state index contributed by atoms with van der Waals surface area (Å²) in [5.74, 6) is -1.03. The fourth-order valence-electron chi connectivity index (χ4n) is 2.14. The fraction of sp³-hybridized carbons (Fsp3) is 0.529. The molecule has 4 nitrogen and oxygen atoms in total. The Balaban J connectivity index is 2.92. The van der Waals surface area contributed by atoms with Crippen molar-refractivity contribution in [2.24, 2.45) is 0 Å². The van der Waals surface area contributed by atoms with Crippen molar-refractivity contribution < 1.29 is 14.7 Å². The Hall–Kier alpha value is -1.84. The van der Waals surface area contributed by atoms with Gasteiger partial charge in [0.05, 0.1) is 12.5 Å². The van der Waals surface area contributed by atoms with Gasteiger partial charge in [0.1, 0.15) is 0 Å². The molecule has 21 heavy (non-hydrogen) atoms. The van der Waals surface area contributed by atoms with Gasteiger partial charge in [-0.2, -0.15) is 0 Å². The summed E-state index contributed by atoms with van der Waals surface area (Å²) in [5.41, 5.74) is 2.06. The van der Waals surface area contributed by atoms with Crippen LogP contribution in [0.1, 0.15) is 64.1 Å². The van der Waals surface area contributed by atoms with E-state index in [-0.39, 0.29) is 17.7 Å². The normalized spacial score (nSPS) is 12.8. The lowest BCUT2D eigenvalue weighted by atomic mass is 9.86. The summed E-state index contributed by atoms with van der Waals surface area (Å²) < 4.78 is 0. The van der Waals surface area contributed by atoms with Crippen molar-refractivity contribution in [3.8, 4) is 0 Å². The van der Waals surface area contributed by atoms with Crippen LogP contribution in [-0.2, 0) is 15.0 Å². The molecule has 1 aromatic rings. The number of hydrogen-bond donors (Lipinski definition) is 2. The van der Waals surface area contributed by atoms with Gasteiger partial charge >= 0.3 is 5.97 Å². The van der Waals surface area contributed by atoms with E-state index in [1.807, 2.05) is 31.2 Å². The van der Waals surface area contributed by atoms with Gasteiger partial charge in [0.2, 0.25) is 5.91 Å². The molecular formula is C17H25NO3. The van der Waals surface area contributed by atoms with Gasteiger partial charge in [-0.1, -0.05) is 52.0 Å². The molecule has 0 aromatic heterocycles. The van der Waals surface area contributed by atoms with Crippen molar-refractivity contribution in [1.29, 1.82) is 0 Å². The van der Waals surface area contributed by atoms with Crippen LogP contribution in [0, 0.1) is 0 Å². The number of amides is 1. The van der Waals surface area contributed by atoms with Crippen LogP contribution in [0.4, 0.5) is 0 Å². The van der Waals surface area contributed by atoms with E-state index in [0.717, 1.165) is 12.0 Å². The topological polar surface area (TPSA) is 66.4 Å². The Morgan fingerprint density at radius 1 is 1.19 bits per heavy atom. The fourth-order valence-corrected chi connectivity index (χ4v) is 2.14. The lowest BCUT2D eigenvalue weighted by Crippen LogP contribution is -2.30. The average molecular weight is 291 g/mol. The first kappa shape index (κ1) is 17.2. The van der Waals surface area contributed by atoms with Crippen molar-refractivity contribution in [3.63, 3.8) is 0 Å². The minimum Gasteiger partial charge on any atom is -0.481 e. The summed E-state index contributed by atoms with van der Waals surface area (Å²) in [5, 5.41) is 11.8. The van der Waals surface area contributed by atoms with E-state index in [9.17, 15) is 9.59 Å². The molecule has 0 bridgehead atoms. The van der Waals surface area contributed by atoms with Gasteiger partial charge in [-0.05, 0) is 23.0 Å². The van der Waals surface area contributed by atoms with Gasteiger partial charge in [0.25, 0.3) is 0 Å². The molecular weight excluding hydrogens is 266 g/mol. The van der Waals surface area contributed by atoms with Crippen LogP contribution in [-0.4, -0.2) is 17.0 Å². The third-order valence-corrected chi connectivity index (χ3v) is 3.37. The van der Waals surface area contributed by atoms with Gasteiger partial charge in [0, 0.05) is 6.42 Å². The maximum atomic E-state index is 11.7. The van der Waals surface area contributed by atoms with Gasteiger partial charge < -0.3 is 10.4 Å². The molecule has 0 fully saturated rings. The predicted octanol–water partition coefficient (Wildman–Crippen LogP) is 3.42. The molecule has 0 heterocycles. The van der Waals surface area contributed by atoms with Crippen molar-refractivity contribution in [2.45, 2.75) is 58.4 Å². The Labute approximate surface area is 126 Å². The molecule has 2 N–H and O–H groups in total. The zero-order valence-electron chi connectivity index (χ0n) is 13.3. The molecule has 1 rings (SSSR count). The number of carboxylic acid groups (broad SMARTS) is 1. The first-order valence-electron chi connectivity index (χ1n) is 7.35. The number of hydrogen-bond acceptors (Lipinski definition) is 2. The molecule has 0 aliphatic rings. The molecule has 0 spiro atoms. The van der Waals surface area contributed by atoms with Crippen LogP contribution in [0.15, 0.2) is 24.3 Å². The number of aliphatic carboxylic acids is 1. The van der Waals surface area contributed by atoms with Gasteiger partial charge in [-0.3, -0.25) is 9.59 Å². The standard InChI is InChI=1S/C17H25NO3/c1-5-6-15(19)18-14(11-16(20)21)12-7-9-13(10-8-12)17(2,3)4/h7-10,14H,5-6,11H2,1-4H3,(H,18,19)(H,20,21). The molecule has 1 atom stereocenters. The number of nitrogens with one attached hydrogen (secondary N) is 1. The summed E-state index contributed by atoms with van der Waals surface area (Å²) in [6.07, 6.45) is 1.05. The molecule has 1 amide bonds. The molecule has 0 aliphatic heterocycles. The lowest BCUT2D eigenvalue weighted by Gasteiger charge is -2.21. The first-order chi connectivity index (χ1) is 9.74. The van der Waals surface area contributed by atoms with Crippen molar-refractivity contribution in [1.82, 2.24) is 5.32 Å². The minimum absolute atomic E-state index is 0.0479. The van der Waals surface area contributed by atoms with E-state index >= 15 is 0 Å². The highest BCUT2D eigenvalue weighted by molar-refractivity contribution is 5.77. The Bertz CT molecular complexity index is 486. The van der Waals surface area contributed by atoms with E-state index in [1.165, 1.54) is 5.56 Å². The van der Waals surface area contributed by atoms with Crippen LogP contribution in [0.5, 0.6) is 0 Å². The Morgan fingerprint density at radius 3 is 2.19 bits per heavy atom. The molecule has 4 heteroatoms. The van der Waals surface area contributed by atoms with Gasteiger partial charge in [0.15, 0.2) is 0 Å². The summed E-state index contributed by atoms with van der Waals surface area (Å²) in [6.45, 7) is 8.29. The molecule has 1 aromatic carbocycles. The molecule has 0 radical (unpaired) electrons. The minimum atomic E-state index is -0.920. The number of carbonyl (C=O) groups is 2. The smallest absolute Gasteiger partial charge is 0.305 e. The number of benzene rings is 1. The maximum Gasteiger partial charge on any atom is 0.305 e. The van der Waals surface area contributed by atoms with Crippen molar-refractivity contribution >= 4 is 11.9 Å². The quantitative estimate of drug-likeness (QED) is 0.844. The van der Waals surface area contributed by atoms with E-state index in [4.69, 9.17) is 5.11 Å². The zero-order valence-corrected chi connectivity index (χ0v) is 13.3. The van der Waals surface area contributed by atoms with E-state index < -0.39 is 12.0 Å². The van der Waals surface area contributed by atoms with Gasteiger partial charge in [-0.15, -0.1) is 0 Å². The highest BCUT2D eigenvalue weighted by Crippen LogP contribution is 2.25. The summed E-state index contributed by atoms with van der Waals surface area (Å²) in [7, 11) is 0. The molecule has 0 aliphatic carbocycles. The second kappa shape index (κ2) is 7.25. The number of rotatable bonds is 6. The average Bonchev–Trinajstić information content (AvgIpc) is 2.37. The maximum absolute atomic E-state index is 11.7. The third-order valence-electron chi connectivity index (χ3n) is 3.37. The Kier molecular flexibility index (Phi) is 5.94. The van der Waals surface area contributed by atoms with Crippen LogP contribution in [0.25, 0.3) is 0 Å². The zero-order chi connectivity index (χ0) is 16.0. The van der Waals surface area contributed by atoms with Crippen LogP contribution in [0.3, 0.4) is 0 Å². The van der Waals surface area contributed by atoms with Crippen molar-refractivity contribution in [2.75, 3.05) is 0 Å². The number of carboxylic acids is 1. The van der Waals surface area contributed by atoms with Crippen molar-refractivity contribution in [3.05, 3.63) is 35.4 Å². The summed E-state index contributed by atoms with van der Waals surface area (Å²) in [6, 6.07) is 7.32. The lowest BCUT2D eigenvalue weighted by molar-refractivity contribution is -0.137. The highest BCUT2D eigenvalue weighted by Gasteiger charge is 2.19. The second-order valence-corrected chi connectivity index (χ2v) is 6.34. The van der Waals surface area contributed by atoms with Crippen LogP contribution < -0.4 is 5.32 Å². The molecule has 0 saturated carbocycles. The van der Waals surface area contributed by atoms with Crippen LogP contribution >= 0.6 is 0 Å².